The molecule has 0 atom stereocenters. The van der Waals surface area contributed by atoms with Crippen molar-refractivity contribution in [3.8, 4) is 0 Å². The minimum absolute atomic E-state index is 0.135. The van der Waals surface area contributed by atoms with Gasteiger partial charge in [0.2, 0.25) is 5.91 Å². The summed E-state index contributed by atoms with van der Waals surface area (Å²) in [6, 6.07) is 2.57. The molecule has 6 heteroatoms. The molecule has 0 unspecified atom stereocenters. The number of hydrogen-bond donors (Lipinski definition) is 1. The number of nitrogens with one attached hydrogen (secondary N) is 1. The van der Waals surface area contributed by atoms with Gasteiger partial charge in [0, 0.05) is 18.0 Å². The Morgan fingerprint density at radius 1 is 1.33 bits per heavy atom. The molecule has 0 aliphatic rings. The maximum Gasteiger partial charge on any atom is 0.225 e. The van der Waals surface area contributed by atoms with Gasteiger partial charge in [-0.05, 0) is 12.1 Å². The number of carbonyl (C=O) groups is 1. The molecule has 0 fully saturated rings. The zero-order valence-corrected chi connectivity index (χ0v) is 9.76. The lowest BCUT2D eigenvalue weighted by Crippen LogP contribution is -2.11. The smallest absolute Gasteiger partial charge is 0.225 e. The second-order valence-corrected chi connectivity index (χ2v) is 3.93. The van der Waals surface area contributed by atoms with Crippen LogP contribution in [-0.4, -0.2) is 11.8 Å². The molecule has 0 aliphatic heterocycles. The summed E-state index contributed by atoms with van der Waals surface area (Å²) in [5.41, 5.74) is 0.349. The third-order valence-electron chi connectivity index (χ3n) is 1.59. The maximum absolute atomic E-state index is 13.0. The minimum Gasteiger partial charge on any atom is -0.326 e. The Labute approximate surface area is 101 Å². The predicted molar refractivity (Wildman–Crippen MR) is 60.4 cm³/mol. The molecule has 0 saturated carbocycles. The highest BCUT2D eigenvalue weighted by molar-refractivity contribution is 6.35. The topological polar surface area (TPSA) is 29.1 Å². The first kappa shape index (κ1) is 12.6. The van der Waals surface area contributed by atoms with Crippen molar-refractivity contribution in [2.24, 2.45) is 0 Å². The Morgan fingerprint density at radius 2 is 1.87 bits per heavy atom. The average molecular weight is 271 g/mol. The SMILES string of the molecule is O=C(CCCl)Nc1cc(Cl)c(F)c(Cl)c1. The molecule has 0 heterocycles. The van der Waals surface area contributed by atoms with Crippen molar-refractivity contribution in [3.05, 3.63) is 28.0 Å². The lowest BCUT2D eigenvalue weighted by Gasteiger charge is -2.06. The first-order valence-corrected chi connectivity index (χ1v) is 5.34. The molecule has 2 nitrogen and oxygen atoms in total. The van der Waals surface area contributed by atoms with Gasteiger partial charge < -0.3 is 5.32 Å². The summed E-state index contributed by atoms with van der Waals surface area (Å²) in [5, 5.41) is 2.22. The van der Waals surface area contributed by atoms with Gasteiger partial charge in [-0.2, -0.15) is 0 Å². The van der Waals surface area contributed by atoms with Gasteiger partial charge >= 0.3 is 0 Å². The van der Waals surface area contributed by atoms with E-state index in [1.807, 2.05) is 0 Å². The van der Waals surface area contributed by atoms with Crippen molar-refractivity contribution in [3.63, 3.8) is 0 Å². The van der Waals surface area contributed by atoms with Gasteiger partial charge in [-0.1, -0.05) is 23.2 Å². The van der Waals surface area contributed by atoms with Gasteiger partial charge in [0.15, 0.2) is 5.82 Å². The second kappa shape index (κ2) is 5.54. The van der Waals surface area contributed by atoms with Crippen LogP contribution < -0.4 is 5.32 Å². The highest BCUT2D eigenvalue weighted by atomic mass is 35.5. The first-order chi connectivity index (χ1) is 7.04. The Bertz CT molecular complexity index is 361. The van der Waals surface area contributed by atoms with Crippen LogP contribution in [0.2, 0.25) is 10.0 Å². The third-order valence-corrected chi connectivity index (χ3v) is 2.33. The number of alkyl halides is 1. The Morgan fingerprint density at radius 3 is 2.33 bits per heavy atom. The molecule has 1 aromatic rings. The Balaban J connectivity index is 2.83. The van der Waals surface area contributed by atoms with E-state index in [-0.39, 0.29) is 28.3 Å². The van der Waals surface area contributed by atoms with Gasteiger partial charge in [-0.15, -0.1) is 11.6 Å². The normalized spacial score (nSPS) is 10.1. The molecule has 0 spiro atoms. The van der Waals surface area contributed by atoms with E-state index in [1.54, 1.807) is 0 Å². The summed E-state index contributed by atoms with van der Waals surface area (Å²) in [5.74, 6) is -0.758. The number of anilines is 1. The van der Waals surface area contributed by atoms with Crippen LogP contribution in [0, 0.1) is 5.82 Å². The first-order valence-electron chi connectivity index (χ1n) is 4.05. The van der Waals surface area contributed by atoms with Crippen LogP contribution in [0.25, 0.3) is 0 Å². The highest BCUT2D eigenvalue weighted by Crippen LogP contribution is 2.27. The molecular weight excluding hydrogens is 263 g/mol. The monoisotopic (exact) mass is 269 g/mol. The van der Waals surface area contributed by atoms with Crippen LogP contribution >= 0.6 is 34.8 Å². The Hall–Kier alpha value is -0.510. The average Bonchev–Trinajstić information content (AvgIpc) is 2.14. The van der Waals surface area contributed by atoms with E-state index in [1.165, 1.54) is 12.1 Å². The van der Waals surface area contributed by atoms with Crippen molar-refractivity contribution < 1.29 is 9.18 Å². The summed E-state index contributed by atoms with van der Waals surface area (Å²) < 4.78 is 13.0. The third kappa shape index (κ3) is 3.52. The molecule has 0 bridgehead atoms. The molecule has 1 amide bonds. The van der Waals surface area contributed by atoms with E-state index in [0.717, 1.165) is 0 Å². The molecule has 0 saturated heterocycles. The van der Waals surface area contributed by atoms with Crippen LogP contribution in [0.3, 0.4) is 0 Å². The summed E-state index contributed by atoms with van der Waals surface area (Å²) in [6.07, 6.45) is 0.175. The van der Waals surface area contributed by atoms with Crippen molar-refractivity contribution in [1.29, 1.82) is 0 Å². The molecule has 0 radical (unpaired) electrons. The van der Waals surface area contributed by atoms with Crippen LogP contribution in [0.1, 0.15) is 6.42 Å². The van der Waals surface area contributed by atoms with Gasteiger partial charge in [-0.3, -0.25) is 4.79 Å². The van der Waals surface area contributed by atoms with Gasteiger partial charge in [0.25, 0.3) is 0 Å². The summed E-state index contributed by atoms with van der Waals surface area (Å²) >= 11 is 16.5. The van der Waals surface area contributed by atoms with Gasteiger partial charge in [0.1, 0.15) is 0 Å². The number of hydrogen-bond acceptors (Lipinski definition) is 1. The van der Waals surface area contributed by atoms with Crippen LogP contribution in [-0.2, 0) is 4.79 Å². The number of amides is 1. The quantitative estimate of drug-likeness (QED) is 0.658. The highest BCUT2D eigenvalue weighted by Gasteiger charge is 2.09. The molecule has 15 heavy (non-hydrogen) atoms. The lowest BCUT2D eigenvalue weighted by atomic mass is 10.3. The maximum atomic E-state index is 13.0. The minimum atomic E-state index is -0.700. The molecular formula is C9H7Cl3FNO. The van der Waals surface area contributed by atoms with E-state index in [0.29, 0.717) is 5.69 Å². The van der Waals surface area contributed by atoms with E-state index < -0.39 is 5.82 Å². The number of rotatable bonds is 3. The summed E-state index contributed by atoms with van der Waals surface area (Å²) in [7, 11) is 0. The lowest BCUT2D eigenvalue weighted by molar-refractivity contribution is -0.115. The molecule has 1 N–H and O–H groups in total. The number of halogens is 4. The standard InChI is InChI=1S/C9H7Cl3FNO/c10-2-1-8(15)14-5-3-6(11)9(13)7(12)4-5/h3-4H,1-2H2,(H,14,15). The molecule has 0 aromatic heterocycles. The van der Waals surface area contributed by atoms with E-state index in [9.17, 15) is 9.18 Å². The number of carbonyl (C=O) groups excluding carboxylic acids is 1. The molecule has 1 aromatic carbocycles. The van der Waals surface area contributed by atoms with Crippen LogP contribution in [0.4, 0.5) is 10.1 Å². The van der Waals surface area contributed by atoms with Gasteiger partial charge in [0.05, 0.1) is 10.0 Å². The Kier molecular flexibility index (Phi) is 4.64. The van der Waals surface area contributed by atoms with E-state index >= 15 is 0 Å². The zero-order chi connectivity index (χ0) is 11.4. The summed E-state index contributed by atoms with van der Waals surface area (Å²) in [4.78, 5) is 11.1. The largest absolute Gasteiger partial charge is 0.326 e. The summed E-state index contributed by atoms with van der Waals surface area (Å²) in [6.45, 7) is 0. The fourth-order valence-electron chi connectivity index (χ4n) is 0.937. The van der Waals surface area contributed by atoms with Crippen molar-refractivity contribution in [2.75, 3.05) is 11.2 Å². The molecule has 82 valence electrons. The van der Waals surface area contributed by atoms with E-state index in [2.05, 4.69) is 5.32 Å². The fourth-order valence-corrected chi connectivity index (χ4v) is 1.60. The van der Waals surface area contributed by atoms with Gasteiger partial charge in [-0.25, -0.2) is 4.39 Å². The molecule has 1 rings (SSSR count). The fraction of sp³-hybridized carbons (Fsp3) is 0.222. The van der Waals surface area contributed by atoms with Crippen molar-refractivity contribution in [2.45, 2.75) is 6.42 Å². The van der Waals surface area contributed by atoms with Crippen molar-refractivity contribution in [1.82, 2.24) is 0 Å². The van der Waals surface area contributed by atoms with Crippen LogP contribution in [0.5, 0.6) is 0 Å². The van der Waals surface area contributed by atoms with Crippen LogP contribution in [0.15, 0.2) is 12.1 Å². The molecule has 0 aliphatic carbocycles. The predicted octanol–water partition coefficient (Wildman–Crippen LogP) is 3.70. The zero-order valence-electron chi connectivity index (χ0n) is 7.49. The van der Waals surface area contributed by atoms with E-state index in [4.69, 9.17) is 34.8 Å². The number of benzene rings is 1. The second-order valence-electron chi connectivity index (χ2n) is 2.74. The van der Waals surface area contributed by atoms with Crippen molar-refractivity contribution >= 4 is 46.4 Å².